The monoisotopic (exact) mass is 398 g/mol. The van der Waals surface area contributed by atoms with E-state index in [0.29, 0.717) is 19.6 Å². The minimum absolute atomic E-state index is 0.0866. The van der Waals surface area contributed by atoms with E-state index in [0.717, 1.165) is 17.1 Å². The fraction of sp³-hybridized carbons (Fsp3) is 0.250. The molecule has 8 heteroatoms. The lowest BCUT2D eigenvalue weighted by atomic mass is 10.2. The van der Waals surface area contributed by atoms with Gasteiger partial charge in [-0.1, -0.05) is 12.1 Å². The molecule has 3 aromatic heterocycles. The fourth-order valence-corrected chi connectivity index (χ4v) is 3.11. The fourth-order valence-electron chi connectivity index (χ4n) is 2.60. The van der Waals surface area contributed by atoms with Crippen molar-refractivity contribution in [1.82, 2.24) is 19.9 Å². The number of hydrogen-bond donors (Lipinski definition) is 0. The van der Waals surface area contributed by atoms with Crippen LogP contribution < -0.4 is 4.18 Å². The van der Waals surface area contributed by atoms with Gasteiger partial charge in [0.15, 0.2) is 5.75 Å². The molecule has 0 aliphatic rings. The number of nitrogens with zero attached hydrogens (tertiary/aromatic N) is 4. The lowest BCUT2D eigenvalue weighted by Gasteiger charge is -2.21. The van der Waals surface area contributed by atoms with Gasteiger partial charge >= 0.3 is 10.1 Å². The largest absolute Gasteiger partial charge is 0.381 e. The Morgan fingerprint density at radius 3 is 1.82 bits per heavy atom. The molecule has 0 amide bonds. The van der Waals surface area contributed by atoms with E-state index in [2.05, 4.69) is 19.9 Å². The van der Waals surface area contributed by atoms with Crippen LogP contribution in [0.2, 0.25) is 0 Å². The van der Waals surface area contributed by atoms with Crippen LogP contribution >= 0.6 is 0 Å². The summed E-state index contributed by atoms with van der Waals surface area (Å²) in [5, 5.41) is 0. The van der Waals surface area contributed by atoms with Gasteiger partial charge in [-0.15, -0.1) is 0 Å². The normalized spacial score (nSPS) is 11.5. The van der Waals surface area contributed by atoms with Crippen molar-refractivity contribution in [3.05, 3.63) is 84.2 Å². The van der Waals surface area contributed by atoms with Crippen molar-refractivity contribution in [2.24, 2.45) is 0 Å². The Kier molecular flexibility index (Phi) is 6.67. The molecule has 0 saturated carbocycles. The second kappa shape index (κ2) is 9.38. The predicted octanol–water partition coefficient (Wildman–Crippen LogP) is 2.80. The molecule has 0 bridgehead atoms. The molecule has 7 nitrogen and oxygen atoms in total. The van der Waals surface area contributed by atoms with E-state index in [4.69, 9.17) is 4.18 Å². The summed E-state index contributed by atoms with van der Waals surface area (Å²) in [6.45, 7) is 3.38. The summed E-state index contributed by atoms with van der Waals surface area (Å²) in [6.07, 6.45) is 4.97. The molecule has 0 N–H and O–H groups in total. The smallest absolute Gasteiger partial charge is 0.308 e. The van der Waals surface area contributed by atoms with Crippen LogP contribution in [-0.2, 0) is 29.8 Å². The van der Waals surface area contributed by atoms with E-state index in [9.17, 15) is 8.42 Å². The molecule has 3 heterocycles. The molecular formula is C20H22N4O3S. The second-order valence-electron chi connectivity index (χ2n) is 6.20. The van der Waals surface area contributed by atoms with E-state index in [-0.39, 0.29) is 11.5 Å². The van der Waals surface area contributed by atoms with E-state index in [1.54, 1.807) is 24.5 Å². The van der Waals surface area contributed by atoms with Crippen LogP contribution in [0.15, 0.2) is 67.1 Å². The maximum Gasteiger partial charge on any atom is 0.308 e. The summed E-state index contributed by atoms with van der Waals surface area (Å²) in [5.74, 6) is 0.128. The first-order valence-electron chi connectivity index (χ1n) is 8.93. The molecule has 0 radical (unpaired) electrons. The lowest BCUT2D eigenvalue weighted by molar-refractivity contribution is 0.238. The first kappa shape index (κ1) is 19.9. The van der Waals surface area contributed by atoms with Gasteiger partial charge in [0.05, 0.1) is 29.0 Å². The van der Waals surface area contributed by atoms with Gasteiger partial charge in [-0.3, -0.25) is 19.9 Å². The molecule has 3 rings (SSSR count). The van der Waals surface area contributed by atoms with Gasteiger partial charge in [0.1, 0.15) is 0 Å². The van der Waals surface area contributed by atoms with Gasteiger partial charge in [-0.25, -0.2) is 0 Å². The summed E-state index contributed by atoms with van der Waals surface area (Å²) in [6, 6.07) is 15.0. The van der Waals surface area contributed by atoms with Gasteiger partial charge in [0, 0.05) is 32.0 Å². The van der Waals surface area contributed by atoms with Crippen molar-refractivity contribution in [2.45, 2.75) is 26.6 Å². The van der Waals surface area contributed by atoms with Crippen molar-refractivity contribution >= 4 is 10.1 Å². The van der Waals surface area contributed by atoms with Crippen molar-refractivity contribution in [2.75, 3.05) is 5.75 Å². The molecule has 3 aromatic rings. The quantitative estimate of drug-likeness (QED) is 0.512. The summed E-state index contributed by atoms with van der Waals surface area (Å²) in [7, 11) is -3.56. The van der Waals surface area contributed by atoms with Crippen LogP contribution in [0.1, 0.15) is 24.0 Å². The number of aromatic nitrogens is 3. The average molecular weight is 398 g/mol. The molecule has 0 aliphatic carbocycles. The van der Waals surface area contributed by atoms with E-state index in [1.165, 1.54) is 13.1 Å². The molecule has 0 aromatic carbocycles. The highest BCUT2D eigenvalue weighted by atomic mass is 32.2. The van der Waals surface area contributed by atoms with E-state index >= 15 is 0 Å². The average Bonchev–Trinajstić information content (AvgIpc) is 2.71. The zero-order valence-corrected chi connectivity index (χ0v) is 16.4. The molecule has 146 valence electrons. The third-order valence-electron chi connectivity index (χ3n) is 3.98. The van der Waals surface area contributed by atoms with Gasteiger partial charge < -0.3 is 4.18 Å². The molecule has 0 saturated heterocycles. The van der Waals surface area contributed by atoms with Gasteiger partial charge in [0.25, 0.3) is 0 Å². The van der Waals surface area contributed by atoms with Crippen molar-refractivity contribution in [3.8, 4) is 5.75 Å². The molecule has 0 atom stereocenters. The number of pyridine rings is 3. The van der Waals surface area contributed by atoms with E-state index < -0.39 is 10.1 Å². The van der Waals surface area contributed by atoms with Crippen LogP contribution in [0.5, 0.6) is 5.75 Å². The van der Waals surface area contributed by atoms with Gasteiger partial charge in [-0.2, -0.15) is 8.42 Å². The zero-order chi connectivity index (χ0) is 19.8. The predicted molar refractivity (Wildman–Crippen MR) is 106 cm³/mol. The molecule has 0 aliphatic heterocycles. The van der Waals surface area contributed by atoms with Crippen LogP contribution in [0.4, 0.5) is 0 Å². The Balaban J connectivity index is 1.73. The van der Waals surface area contributed by atoms with Gasteiger partial charge in [-0.05, 0) is 43.3 Å². The maximum absolute atomic E-state index is 11.6. The molecule has 0 spiro atoms. The summed E-state index contributed by atoms with van der Waals surface area (Å²) < 4.78 is 28.1. The minimum Gasteiger partial charge on any atom is -0.381 e. The number of rotatable bonds is 9. The maximum atomic E-state index is 11.6. The van der Waals surface area contributed by atoms with Crippen LogP contribution in [-0.4, -0.2) is 34.0 Å². The molecule has 0 fully saturated rings. The standard InChI is InChI=1S/C20H22N4O3S/c1-2-28(25,26)27-20-10-9-19(23-13-20)16-24(14-17-7-3-5-11-21-17)15-18-8-4-6-12-22-18/h3-13H,2,14-16H2,1H3. The Hall–Kier alpha value is -2.84. The topological polar surface area (TPSA) is 85.3 Å². The van der Waals surface area contributed by atoms with E-state index in [1.807, 2.05) is 36.4 Å². The molecular weight excluding hydrogens is 376 g/mol. The van der Waals surface area contributed by atoms with Gasteiger partial charge in [0.2, 0.25) is 0 Å². The van der Waals surface area contributed by atoms with Crippen LogP contribution in [0.3, 0.4) is 0 Å². The Morgan fingerprint density at radius 2 is 1.39 bits per heavy atom. The second-order valence-corrected chi connectivity index (χ2v) is 8.06. The van der Waals surface area contributed by atoms with Crippen molar-refractivity contribution in [3.63, 3.8) is 0 Å². The molecule has 28 heavy (non-hydrogen) atoms. The first-order chi connectivity index (χ1) is 13.5. The van der Waals surface area contributed by atoms with Crippen molar-refractivity contribution in [1.29, 1.82) is 0 Å². The minimum atomic E-state index is -3.56. The Labute approximate surface area is 165 Å². The lowest BCUT2D eigenvalue weighted by Crippen LogP contribution is -2.24. The highest BCUT2D eigenvalue weighted by Gasteiger charge is 2.12. The first-order valence-corrected chi connectivity index (χ1v) is 10.5. The summed E-state index contributed by atoms with van der Waals surface area (Å²) >= 11 is 0. The van der Waals surface area contributed by atoms with Crippen LogP contribution in [0, 0.1) is 0 Å². The Bertz CT molecular complexity index is 924. The number of hydrogen-bond acceptors (Lipinski definition) is 7. The highest BCUT2D eigenvalue weighted by Crippen LogP contribution is 2.15. The van der Waals surface area contributed by atoms with Crippen molar-refractivity contribution < 1.29 is 12.6 Å². The summed E-state index contributed by atoms with van der Waals surface area (Å²) in [4.78, 5) is 15.3. The third-order valence-corrected chi connectivity index (χ3v) is 5.14. The zero-order valence-electron chi connectivity index (χ0n) is 15.6. The SMILES string of the molecule is CCS(=O)(=O)Oc1ccc(CN(Cc2ccccn2)Cc2ccccn2)nc1. The molecule has 0 unspecified atom stereocenters. The third kappa shape index (κ3) is 6.11. The van der Waals surface area contributed by atoms with Crippen LogP contribution in [0.25, 0.3) is 0 Å². The highest BCUT2D eigenvalue weighted by molar-refractivity contribution is 7.87. The summed E-state index contributed by atoms with van der Waals surface area (Å²) in [5.41, 5.74) is 2.70. The Morgan fingerprint density at radius 1 is 0.821 bits per heavy atom.